The number of hydrogen-bond donors (Lipinski definition) is 1. The number of piperidine rings is 1. The second kappa shape index (κ2) is 18.7. The van der Waals surface area contributed by atoms with Crippen LogP contribution in [0.5, 0.6) is 0 Å². The number of methoxy groups -OCH3 is 1. The minimum absolute atomic E-state index is 0.00814. The molecule has 0 bridgehead atoms. The molecule has 3 rings (SSSR count). The number of nitrogens with one attached hydrogen (secondary N) is 1. The highest BCUT2D eigenvalue weighted by Gasteiger charge is 2.38. The van der Waals surface area contributed by atoms with Gasteiger partial charge in [-0.05, 0) is 94.2 Å². The first-order valence-corrected chi connectivity index (χ1v) is 14.2. The van der Waals surface area contributed by atoms with Crippen LogP contribution in [0, 0.1) is 25.7 Å². The van der Waals surface area contributed by atoms with E-state index in [0.29, 0.717) is 5.92 Å². The highest BCUT2D eigenvalue weighted by atomic mass is 19.4. The maximum absolute atomic E-state index is 12.2. The van der Waals surface area contributed by atoms with Crippen LogP contribution in [0.2, 0.25) is 0 Å². The average molecular weight is 561 g/mol. The predicted octanol–water partition coefficient (Wildman–Crippen LogP) is 9.30. The van der Waals surface area contributed by atoms with E-state index in [2.05, 4.69) is 57.4 Å². The Kier molecular flexibility index (Phi) is 17.5. The molecule has 2 aromatic rings. The molecule has 224 valence electrons. The van der Waals surface area contributed by atoms with Gasteiger partial charge in [-0.25, -0.2) is 0 Å². The average Bonchev–Trinajstić information content (AvgIpc) is 2.92. The van der Waals surface area contributed by atoms with Gasteiger partial charge in [0, 0.05) is 30.6 Å². The first kappa shape index (κ1) is 37.4. The van der Waals surface area contributed by atoms with Gasteiger partial charge in [-0.2, -0.15) is 13.2 Å². The van der Waals surface area contributed by atoms with Gasteiger partial charge in [0.05, 0.1) is 5.56 Å². The fourth-order valence-electron chi connectivity index (χ4n) is 4.78. The fraction of sp³-hybridized carbons (Fsp3) is 0.559. The van der Waals surface area contributed by atoms with Crippen LogP contribution in [0.4, 0.5) is 13.2 Å². The van der Waals surface area contributed by atoms with Gasteiger partial charge in [0.15, 0.2) is 0 Å². The third-order valence-corrected chi connectivity index (χ3v) is 6.79. The molecule has 1 aliphatic rings. The molecule has 0 saturated carbocycles. The smallest absolute Gasteiger partial charge is 0.375 e. The van der Waals surface area contributed by atoms with Crippen molar-refractivity contribution in [3.63, 3.8) is 0 Å². The molecule has 0 spiro atoms. The van der Waals surface area contributed by atoms with Crippen LogP contribution in [-0.4, -0.2) is 24.2 Å². The molecule has 6 heteroatoms. The first-order valence-electron chi connectivity index (χ1n) is 14.2. The minimum Gasteiger partial charge on any atom is -0.375 e. The van der Waals surface area contributed by atoms with Crippen molar-refractivity contribution < 1.29 is 17.9 Å². The number of nitrogens with zero attached hydrogens (tertiary/aromatic N) is 1. The van der Waals surface area contributed by atoms with Gasteiger partial charge >= 0.3 is 6.18 Å². The quantitative estimate of drug-likeness (QED) is 0.258. The standard InChI is InChI=1S/C18H30N2O.C12H13F3.C2H6.C2H2/c1-13(2)10-15-14(3)11-19-12-16(15)17(21-5)18(4)8-6-7-9-20-18;1-9(2)3-4-10-5-7-11(8-6-10)12(13,14)15;2*1-2/h11-13,17,20H,6-10H2,1-5H3;5-8H,1,3-4H2,2H3;1-2H3;1-2H. The van der Waals surface area contributed by atoms with Gasteiger partial charge in [0.1, 0.15) is 6.10 Å². The number of ether oxygens (including phenoxy) is 1. The van der Waals surface area contributed by atoms with E-state index in [0.717, 1.165) is 55.5 Å². The van der Waals surface area contributed by atoms with Gasteiger partial charge in [-0.3, -0.25) is 4.98 Å². The zero-order valence-corrected chi connectivity index (χ0v) is 25.9. The lowest BCUT2D eigenvalue weighted by atomic mass is 9.80. The van der Waals surface area contributed by atoms with Crippen LogP contribution in [-0.2, 0) is 23.8 Å². The summed E-state index contributed by atoms with van der Waals surface area (Å²) in [5.41, 5.74) is 5.32. The van der Waals surface area contributed by atoms with E-state index >= 15 is 0 Å². The first-order chi connectivity index (χ1) is 18.9. The lowest BCUT2D eigenvalue weighted by Crippen LogP contribution is -2.51. The van der Waals surface area contributed by atoms with Crippen LogP contribution in [0.1, 0.15) is 101 Å². The SMILES string of the molecule is C#C.C=C(C)CCc1ccc(C(F)(F)F)cc1.CC.COC(c1cncc(C)c1CC(C)C)C1(C)CCCCN1. The van der Waals surface area contributed by atoms with E-state index < -0.39 is 11.7 Å². The minimum atomic E-state index is -4.24. The molecule has 40 heavy (non-hydrogen) atoms. The summed E-state index contributed by atoms with van der Waals surface area (Å²) >= 11 is 0. The molecule has 0 aliphatic carbocycles. The van der Waals surface area contributed by atoms with Crippen molar-refractivity contribution in [3.8, 4) is 12.8 Å². The van der Waals surface area contributed by atoms with Crippen LogP contribution in [0.25, 0.3) is 0 Å². The Morgan fingerprint density at radius 2 is 1.73 bits per heavy atom. The number of terminal acetylenes is 1. The molecular weight excluding hydrogens is 509 g/mol. The molecule has 1 fully saturated rings. The highest BCUT2D eigenvalue weighted by Crippen LogP contribution is 2.37. The molecule has 1 saturated heterocycles. The zero-order valence-electron chi connectivity index (χ0n) is 25.9. The van der Waals surface area contributed by atoms with E-state index in [1.54, 1.807) is 0 Å². The normalized spacial score (nSPS) is 17.2. The summed E-state index contributed by atoms with van der Waals surface area (Å²) in [5, 5.41) is 3.69. The van der Waals surface area contributed by atoms with E-state index in [4.69, 9.17) is 4.74 Å². The van der Waals surface area contributed by atoms with Crippen LogP contribution < -0.4 is 5.32 Å². The number of alkyl halides is 3. The summed E-state index contributed by atoms with van der Waals surface area (Å²) < 4.78 is 42.6. The van der Waals surface area contributed by atoms with Gasteiger partial charge in [0.25, 0.3) is 0 Å². The predicted molar refractivity (Wildman–Crippen MR) is 163 cm³/mol. The van der Waals surface area contributed by atoms with Gasteiger partial charge in [-0.15, -0.1) is 19.4 Å². The Hall–Kier alpha value is -2.62. The van der Waals surface area contributed by atoms with Crippen molar-refractivity contribution in [3.05, 3.63) is 76.6 Å². The number of aryl methyl sites for hydroxylation is 2. The maximum Gasteiger partial charge on any atom is 0.416 e. The second-order valence-corrected chi connectivity index (χ2v) is 10.7. The van der Waals surface area contributed by atoms with Crippen molar-refractivity contribution in [2.75, 3.05) is 13.7 Å². The Labute approximate surface area is 242 Å². The van der Waals surface area contributed by atoms with Crippen LogP contribution >= 0.6 is 0 Å². The maximum atomic E-state index is 12.2. The van der Waals surface area contributed by atoms with E-state index in [-0.39, 0.29) is 11.6 Å². The van der Waals surface area contributed by atoms with Gasteiger partial charge in [0.2, 0.25) is 0 Å². The summed E-state index contributed by atoms with van der Waals surface area (Å²) in [4.78, 5) is 4.44. The number of halogens is 3. The molecular formula is C34H51F3N2O. The molecule has 3 nitrogen and oxygen atoms in total. The third kappa shape index (κ3) is 12.3. The topological polar surface area (TPSA) is 34.1 Å². The number of benzene rings is 1. The summed E-state index contributed by atoms with van der Waals surface area (Å²) in [6.07, 6.45) is 14.1. The zero-order chi connectivity index (χ0) is 30.9. The number of aromatic nitrogens is 1. The number of pyridine rings is 1. The molecule has 1 aromatic heterocycles. The van der Waals surface area contributed by atoms with Crippen molar-refractivity contribution in [1.29, 1.82) is 0 Å². The summed E-state index contributed by atoms with van der Waals surface area (Å²) in [7, 11) is 1.83. The monoisotopic (exact) mass is 560 g/mol. The lowest BCUT2D eigenvalue weighted by Gasteiger charge is -2.41. The molecule has 2 unspecified atom stereocenters. The van der Waals surface area contributed by atoms with E-state index in [9.17, 15) is 13.2 Å². The summed E-state index contributed by atoms with van der Waals surface area (Å²) in [6, 6.07) is 5.28. The molecule has 1 N–H and O–H groups in total. The second-order valence-electron chi connectivity index (χ2n) is 10.7. The largest absolute Gasteiger partial charge is 0.416 e. The van der Waals surface area contributed by atoms with Crippen molar-refractivity contribution in [2.24, 2.45) is 5.92 Å². The summed E-state index contributed by atoms with van der Waals surface area (Å²) in [6.45, 7) is 19.7. The Bertz CT molecular complexity index is 1000. The molecule has 2 heterocycles. The third-order valence-electron chi connectivity index (χ3n) is 6.79. The van der Waals surface area contributed by atoms with Gasteiger partial charge in [-0.1, -0.05) is 51.8 Å². The Morgan fingerprint density at radius 1 is 1.12 bits per heavy atom. The Morgan fingerprint density at radius 3 is 2.17 bits per heavy atom. The molecule has 1 aromatic carbocycles. The van der Waals surface area contributed by atoms with Crippen molar-refractivity contribution in [1.82, 2.24) is 10.3 Å². The molecule has 1 aliphatic heterocycles. The van der Waals surface area contributed by atoms with E-state index in [1.165, 1.54) is 41.7 Å². The van der Waals surface area contributed by atoms with Crippen LogP contribution in [0.3, 0.4) is 0 Å². The van der Waals surface area contributed by atoms with Crippen molar-refractivity contribution >= 4 is 0 Å². The van der Waals surface area contributed by atoms with Gasteiger partial charge < -0.3 is 10.1 Å². The molecule has 0 radical (unpaired) electrons. The number of allylic oxidation sites excluding steroid dienone is 1. The highest BCUT2D eigenvalue weighted by molar-refractivity contribution is 5.35. The molecule has 0 amide bonds. The Balaban J connectivity index is 0.000000706. The summed E-state index contributed by atoms with van der Waals surface area (Å²) in [5.74, 6) is 0.634. The number of hydrogen-bond acceptors (Lipinski definition) is 3. The lowest BCUT2D eigenvalue weighted by molar-refractivity contribution is -0.137. The van der Waals surface area contributed by atoms with Crippen LogP contribution in [0.15, 0.2) is 48.8 Å². The fourth-order valence-corrected chi connectivity index (χ4v) is 4.78. The van der Waals surface area contributed by atoms with E-state index in [1.807, 2.05) is 40.3 Å². The molecule has 2 atom stereocenters. The van der Waals surface area contributed by atoms with Crippen molar-refractivity contribution in [2.45, 2.75) is 105 Å². The number of rotatable bonds is 8.